The Balaban J connectivity index is 1.53. The first-order valence-corrected chi connectivity index (χ1v) is 11.2. The maximum atomic E-state index is 12.5. The molecule has 0 radical (unpaired) electrons. The SMILES string of the molecule is N#CCc1ccc(N=Cc2c(O)[nH]c(=O)c3ccc(-c4ccc(-c5ccccc5)cc4)cc23)cc1. The molecule has 2 N–H and O–H groups in total. The van der Waals surface area contributed by atoms with E-state index in [1.165, 1.54) is 0 Å². The summed E-state index contributed by atoms with van der Waals surface area (Å²) in [6.07, 6.45) is 1.89. The van der Waals surface area contributed by atoms with Gasteiger partial charge in [-0.2, -0.15) is 5.26 Å². The summed E-state index contributed by atoms with van der Waals surface area (Å²) in [5.41, 5.74) is 5.86. The van der Waals surface area contributed by atoms with Crippen LogP contribution in [-0.4, -0.2) is 16.3 Å². The van der Waals surface area contributed by atoms with Gasteiger partial charge in [0.25, 0.3) is 5.56 Å². The van der Waals surface area contributed by atoms with Crippen LogP contribution in [0.5, 0.6) is 5.88 Å². The Hall–Kier alpha value is -4.95. The molecule has 0 aliphatic rings. The molecule has 0 saturated heterocycles. The fourth-order valence-electron chi connectivity index (χ4n) is 4.06. The van der Waals surface area contributed by atoms with Gasteiger partial charge in [0.15, 0.2) is 0 Å². The van der Waals surface area contributed by atoms with Gasteiger partial charge in [-0.1, -0.05) is 72.8 Å². The van der Waals surface area contributed by atoms with Crippen LogP contribution in [-0.2, 0) is 6.42 Å². The molecule has 168 valence electrons. The number of nitrogens with one attached hydrogen (secondary N) is 1. The van der Waals surface area contributed by atoms with Crippen LogP contribution >= 0.6 is 0 Å². The van der Waals surface area contributed by atoms with Crippen molar-refractivity contribution in [3.8, 4) is 34.2 Å². The second-order valence-corrected chi connectivity index (χ2v) is 8.18. The van der Waals surface area contributed by atoms with Crippen molar-refractivity contribution in [1.29, 1.82) is 5.26 Å². The number of fused-ring (bicyclic) bond motifs is 1. The maximum absolute atomic E-state index is 12.5. The molecule has 0 aliphatic heterocycles. The number of aliphatic imine (C=N–C) groups is 1. The van der Waals surface area contributed by atoms with E-state index in [1.807, 2.05) is 66.7 Å². The van der Waals surface area contributed by atoms with E-state index in [9.17, 15) is 9.90 Å². The minimum absolute atomic E-state index is 0.232. The van der Waals surface area contributed by atoms with E-state index in [-0.39, 0.29) is 11.4 Å². The summed E-state index contributed by atoms with van der Waals surface area (Å²) in [6.45, 7) is 0. The molecule has 0 fully saturated rings. The van der Waals surface area contributed by atoms with Crippen molar-refractivity contribution >= 4 is 22.7 Å². The minimum Gasteiger partial charge on any atom is -0.494 e. The molecular weight excluding hydrogens is 434 g/mol. The first-order valence-electron chi connectivity index (χ1n) is 11.2. The van der Waals surface area contributed by atoms with Crippen LogP contribution in [0.15, 0.2) is 107 Å². The Bertz CT molecular complexity index is 1630. The number of nitriles is 1. The fourth-order valence-corrected chi connectivity index (χ4v) is 4.06. The predicted molar refractivity (Wildman–Crippen MR) is 140 cm³/mol. The van der Waals surface area contributed by atoms with Gasteiger partial charge in [-0.05, 0) is 52.1 Å². The molecular formula is C30H21N3O2. The second kappa shape index (κ2) is 9.50. The normalized spacial score (nSPS) is 11.1. The van der Waals surface area contributed by atoms with Crippen LogP contribution in [0.1, 0.15) is 11.1 Å². The molecule has 5 rings (SSSR count). The van der Waals surface area contributed by atoms with Crippen molar-refractivity contribution in [1.82, 2.24) is 4.98 Å². The average Bonchev–Trinajstić information content (AvgIpc) is 2.90. The van der Waals surface area contributed by atoms with Crippen molar-refractivity contribution < 1.29 is 5.11 Å². The molecule has 0 atom stereocenters. The zero-order valence-corrected chi connectivity index (χ0v) is 18.8. The topological polar surface area (TPSA) is 89.2 Å². The number of aromatic amines is 1. The van der Waals surface area contributed by atoms with Crippen molar-refractivity contribution in [3.63, 3.8) is 0 Å². The second-order valence-electron chi connectivity index (χ2n) is 8.18. The molecule has 5 heteroatoms. The Morgan fingerprint density at radius 2 is 1.43 bits per heavy atom. The highest BCUT2D eigenvalue weighted by Crippen LogP contribution is 2.29. The zero-order valence-electron chi connectivity index (χ0n) is 18.8. The fraction of sp³-hybridized carbons (Fsp3) is 0.0333. The van der Waals surface area contributed by atoms with E-state index >= 15 is 0 Å². The third-order valence-electron chi connectivity index (χ3n) is 5.93. The van der Waals surface area contributed by atoms with E-state index in [2.05, 4.69) is 40.3 Å². The summed E-state index contributed by atoms with van der Waals surface area (Å²) in [4.78, 5) is 19.5. The number of nitrogens with zero attached hydrogens (tertiary/aromatic N) is 2. The van der Waals surface area contributed by atoms with Gasteiger partial charge in [0.2, 0.25) is 5.88 Å². The molecule has 0 amide bonds. The highest BCUT2D eigenvalue weighted by molar-refractivity contribution is 6.03. The molecule has 0 aliphatic carbocycles. The summed E-state index contributed by atoms with van der Waals surface area (Å²) in [7, 11) is 0. The summed E-state index contributed by atoms with van der Waals surface area (Å²) in [6, 6.07) is 33.4. The summed E-state index contributed by atoms with van der Waals surface area (Å²) in [5, 5.41) is 20.4. The molecule has 0 bridgehead atoms. The number of H-pyrrole nitrogens is 1. The Morgan fingerprint density at radius 1 is 0.800 bits per heavy atom. The monoisotopic (exact) mass is 455 g/mol. The van der Waals surface area contributed by atoms with Gasteiger partial charge in [0.1, 0.15) is 0 Å². The van der Waals surface area contributed by atoms with Crippen LogP contribution in [0.4, 0.5) is 5.69 Å². The van der Waals surface area contributed by atoms with E-state index in [0.717, 1.165) is 27.8 Å². The van der Waals surface area contributed by atoms with E-state index in [0.29, 0.717) is 28.4 Å². The minimum atomic E-state index is -0.360. The lowest BCUT2D eigenvalue weighted by molar-refractivity contribution is 0.452. The Labute approximate surface area is 202 Å². The van der Waals surface area contributed by atoms with Crippen LogP contribution in [0.25, 0.3) is 33.0 Å². The lowest BCUT2D eigenvalue weighted by Crippen LogP contribution is -2.08. The van der Waals surface area contributed by atoms with Gasteiger partial charge in [0.05, 0.1) is 23.7 Å². The lowest BCUT2D eigenvalue weighted by Gasteiger charge is -2.09. The van der Waals surface area contributed by atoms with Crippen LogP contribution in [0.2, 0.25) is 0 Å². The number of benzene rings is 4. The first kappa shape index (κ1) is 21.9. The molecule has 5 nitrogen and oxygen atoms in total. The van der Waals surface area contributed by atoms with Crippen molar-refractivity contribution in [2.24, 2.45) is 4.99 Å². The van der Waals surface area contributed by atoms with Crippen LogP contribution in [0, 0.1) is 11.3 Å². The Morgan fingerprint density at radius 3 is 2.11 bits per heavy atom. The third-order valence-corrected chi connectivity index (χ3v) is 5.93. The quantitative estimate of drug-likeness (QED) is 0.301. The van der Waals surface area contributed by atoms with Gasteiger partial charge >= 0.3 is 0 Å². The maximum Gasteiger partial charge on any atom is 0.258 e. The zero-order chi connectivity index (χ0) is 24.2. The van der Waals surface area contributed by atoms with Crippen molar-refractivity contribution in [3.05, 3.63) is 119 Å². The van der Waals surface area contributed by atoms with Gasteiger partial charge in [-0.25, -0.2) is 0 Å². The summed E-state index contributed by atoms with van der Waals surface area (Å²) < 4.78 is 0. The van der Waals surface area contributed by atoms with Crippen LogP contribution < -0.4 is 5.56 Å². The molecule has 0 saturated carbocycles. The van der Waals surface area contributed by atoms with E-state index in [4.69, 9.17) is 5.26 Å². The van der Waals surface area contributed by atoms with Crippen molar-refractivity contribution in [2.45, 2.75) is 6.42 Å². The van der Waals surface area contributed by atoms with E-state index in [1.54, 1.807) is 12.3 Å². The third kappa shape index (κ3) is 4.59. The van der Waals surface area contributed by atoms with E-state index < -0.39 is 0 Å². The highest BCUT2D eigenvalue weighted by atomic mass is 16.3. The predicted octanol–water partition coefficient (Wildman–Crippen LogP) is 6.38. The average molecular weight is 456 g/mol. The number of aromatic hydroxyl groups is 1. The van der Waals surface area contributed by atoms with Crippen molar-refractivity contribution in [2.75, 3.05) is 0 Å². The number of aromatic nitrogens is 1. The summed E-state index contributed by atoms with van der Waals surface area (Å²) in [5.74, 6) is -0.232. The smallest absolute Gasteiger partial charge is 0.258 e. The largest absolute Gasteiger partial charge is 0.494 e. The van der Waals surface area contributed by atoms with Gasteiger partial charge in [-0.15, -0.1) is 0 Å². The molecule has 5 aromatic rings. The first-order chi connectivity index (χ1) is 17.1. The Kier molecular flexibility index (Phi) is 5.94. The molecule has 0 unspecified atom stereocenters. The van der Waals surface area contributed by atoms with Gasteiger partial charge < -0.3 is 5.11 Å². The molecule has 1 heterocycles. The molecule has 0 spiro atoms. The number of pyridine rings is 1. The number of hydrogen-bond acceptors (Lipinski definition) is 4. The standard InChI is InChI=1S/C30H21N3O2/c31-17-16-20-6-13-25(14-7-20)32-19-28-27-18-24(12-15-26(27)29(34)33-30(28)35)23-10-8-22(9-11-23)21-4-2-1-3-5-21/h1-15,18-19H,16H2,(H2,33,34,35). The van der Waals surface area contributed by atoms with Gasteiger partial charge in [-0.3, -0.25) is 14.8 Å². The molecule has 1 aromatic heterocycles. The molecule has 35 heavy (non-hydrogen) atoms. The van der Waals surface area contributed by atoms with Crippen LogP contribution in [0.3, 0.4) is 0 Å². The number of rotatable bonds is 5. The highest BCUT2D eigenvalue weighted by Gasteiger charge is 2.11. The molecule has 4 aromatic carbocycles. The lowest BCUT2D eigenvalue weighted by atomic mass is 9.97. The number of hydrogen-bond donors (Lipinski definition) is 2. The summed E-state index contributed by atoms with van der Waals surface area (Å²) >= 11 is 0. The van der Waals surface area contributed by atoms with Gasteiger partial charge in [0, 0.05) is 17.0 Å².